The summed E-state index contributed by atoms with van der Waals surface area (Å²) in [5, 5.41) is 31.0. The van der Waals surface area contributed by atoms with E-state index in [0.717, 1.165) is 36.7 Å². The number of amides is 1. The van der Waals surface area contributed by atoms with Crippen molar-refractivity contribution < 1.29 is 32.9 Å². The molecule has 1 aliphatic carbocycles. The Balaban J connectivity index is 1.77. The van der Waals surface area contributed by atoms with Gasteiger partial charge in [0.15, 0.2) is 11.6 Å². The smallest absolute Gasteiger partial charge is 0.281 e. The van der Waals surface area contributed by atoms with E-state index < -0.39 is 15.6 Å². The molecule has 2 aromatic carbocycles. The van der Waals surface area contributed by atoms with Crippen molar-refractivity contribution >= 4 is 38.7 Å². The van der Waals surface area contributed by atoms with E-state index in [1.165, 1.54) is 30.5 Å². The predicted molar refractivity (Wildman–Crippen MR) is 178 cm³/mol. The van der Waals surface area contributed by atoms with Crippen molar-refractivity contribution in [2.24, 2.45) is 16.1 Å². The number of aromatic nitrogens is 1. The van der Waals surface area contributed by atoms with E-state index in [-0.39, 0.29) is 73.5 Å². The molecule has 0 bridgehead atoms. The van der Waals surface area contributed by atoms with Crippen LogP contribution in [-0.4, -0.2) is 62.6 Å². The van der Waals surface area contributed by atoms with Gasteiger partial charge in [-0.3, -0.25) is 18.5 Å². The number of hydrogen-bond donors (Lipinski definition) is 3. The third kappa shape index (κ3) is 8.83. The highest BCUT2D eigenvalue weighted by Crippen LogP contribution is 2.35. The highest BCUT2D eigenvalue weighted by atomic mass is 32.2. The third-order valence-electron chi connectivity index (χ3n) is 8.08. The first-order chi connectivity index (χ1) is 22.6. The largest absolute Gasteiger partial charge is 0.494 e. The number of ether oxygens (including phenoxy) is 2. The van der Waals surface area contributed by atoms with Crippen molar-refractivity contribution in [3.05, 3.63) is 70.0 Å². The van der Waals surface area contributed by atoms with Crippen molar-refractivity contribution in [1.82, 2.24) is 4.57 Å². The van der Waals surface area contributed by atoms with Gasteiger partial charge in [0.05, 0.1) is 38.7 Å². The Kier molecular flexibility index (Phi) is 12.6. The highest BCUT2D eigenvalue weighted by Gasteiger charge is 2.31. The zero-order chi connectivity index (χ0) is 34.0. The molecule has 3 aromatic rings. The molecule has 254 valence electrons. The number of methoxy groups -OCH3 is 1. The second-order valence-corrected chi connectivity index (χ2v) is 13.3. The van der Waals surface area contributed by atoms with Crippen molar-refractivity contribution in [3.63, 3.8) is 0 Å². The predicted octanol–water partition coefficient (Wildman–Crippen LogP) is 5.17. The van der Waals surface area contributed by atoms with Crippen molar-refractivity contribution in [3.8, 4) is 5.88 Å². The molecule has 0 atom stereocenters. The van der Waals surface area contributed by atoms with Gasteiger partial charge in [-0.2, -0.15) is 0 Å². The molecule has 1 aromatic heterocycles. The number of azo groups is 1. The fraction of sp³-hybridized carbons (Fsp3) is 0.455. The van der Waals surface area contributed by atoms with Gasteiger partial charge in [0.25, 0.3) is 15.6 Å². The summed E-state index contributed by atoms with van der Waals surface area (Å²) in [5.41, 5.74) is 0.919. The van der Waals surface area contributed by atoms with Crippen LogP contribution in [0.5, 0.6) is 5.88 Å². The molecule has 0 aliphatic heterocycles. The molecule has 1 heterocycles. The van der Waals surface area contributed by atoms with Crippen molar-refractivity contribution in [1.29, 1.82) is 0 Å². The number of carbonyl (C=O) groups is 1. The van der Waals surface area contributed by atoms with Gasteiger partial charge in [0.1, 0.15) is 10.6 Å². The van der Waals surface area contributed by atoms with Crippen molar-refractivity contribution in [2.75, 3.05) is 43.1 Å². The minimum atomic E-state index is -4.19. The summed E-state index contributed by atoms with van der Waals surface area (Å²) in [6, 6.07) is 12.9. The van der Waals surface area contributed by atoms with Crippen molar-refractivity contribution in [2.45, 2.75) is 64.0 Å². The Labute approximate surface area is 274 Å². The van der Waals surface area contributed by atoms with Crippen LogP contribution in [0, 0.1) is 12.8 Å². The average Bonchev–Trinajstić information content (AvgIpc) is 3.06. The van der Waals surface area contributed by atoms with Gasteiger partial charge in [0.2, 0.25) is 5.91 Å². The number of anilines is 2. The Morgan fingerprint density at radius 2 is 1.77 bits per heavy atom. The van der Waals surface area contributed by atoms with E-state index in [0.29, 0.717) is 22.5 Å². The minimum absolute atomic E-state index is 0.0108. The molecule has 13 nitrogen and oxygen atoms in total. The first kappa shape index (κ1) is 35.7. The fourth-order valence-corrected chi connectivity index (χ4v) is 7.33. The number of sulfonamides is 1. The standard InChI is InChI=1S/C33H43N5O8S/c1-23-28(22-45-3)31(33(42)37(32(23)41)17-19-46-20-18-39)36-35-29-11-7-8-12-30(29)47(43,44)38(21-25-9-5-4-6-10-25)27-15-13-26(14-16-27)34-24(2)40/h7-8,11-16,25,39,41H,4-6,9-10,17-22H2,1-3H3,(H,34,40). The van der Waals surface area contributed by atoms with Gasteiger partial charge in [0, 0.05) is 37.4 Å². The Bertz CT molecular complexity index is 1720. The molecular formula is C33H43N5O8S. The zero-order valence-corrected chi connectivity index (χ0v) is 27.8. The molecule has 1 amide bonds. The number of carbonyl (C=O) groups excluding carboxylic acids is 1. The van der Waals surface area contributed by atoms with Crippen LogP contribution in [0.15, 0.2) is 68.4 Å². The van der Waals surface area contributed by atoms with E-state index in [1.54, 1.807) is 43.3 Å². The maximum Gasteiger partial charge on any atom is 0.281 e. The normalized spacial score (nSPS) is 14.0. The van der Waals surface area contributed by atoms with Gasteiger partial charge in [-0.25, -0.2) is 8.42 Å². The number of pyridine rings is 1. The lowest BCUT2D eigenvalue weighted by atomic mass is 9.89. The molecule has 1 fully saturated rings. The average molecular weight is 670 g/mol. The summed E-state index contributed by atoms with van der Waals surface area (Å²) in [6.45, 7) is 3.17. The lowest BCUT2D eigenvalue weighted by Gasteiger charge is -2.31. The zero-order valence-electron chi connectivity index (χ0n) is 27.0. The summed E-state index contributed by atoms with van der Waals surface area (Å²) >= 11 is 0. The number of aliphatic hydroxyl groups is 1. The second-order valence-electron chi connectivity index (χ2n) is 11.4. The Morgan fingerprint density at radius 3 is 2.43 bits per heavy atom. The molecule has 0 spiro atoms. The number of aliphatic hydroxyl groups excluding tert-OH is 1. The van der Waals surface area contributed by atoms with Gasteiger partial charge >= 0.3 is 0 Å². The summed E-state index contributed by atoms with van der Waals surface area (Å²) in [6.07, 6.45) is 5.02. The topological polar surface area (TPSA) is 172 Å². The molecular weight excluding hydrogens is 626 g/mol. The lowest BCUT2D eigenvalue weighted by molar-refractivity contribution is -0.114. The summed E-state index contributed by atoms with van der Waals surface area (Å²) < 4.78 is 42.0. The van der Waals surface area contributed by atoms with Crippen LogP contribution in [0.3, 0.4) is 0 Å². The van der Waals surface area contributed by atoms with Gasteiger partial charge in [-0.1, -0.05) is 31.4 Å². The molecule has 1 aliphatic rings. The van der Waals surface area contributed by atoms with E-state index in [1.807, 2.05) is 0 Å². The first-order valence-electron chi connectivity index (χ1n) is 15.6. The van der Waals surface area contributed by atoms with E-state index in [4.69, 9.17) is 14.6 Å². The lowest BCUT2D eigenvalue weighted by Crippen LogP contribution is -2.36. The van der Waals surface area contributed by atoms with E-state index >= 15 is 0 Å². The van der Waals surface area contributed by atoms with Crippen LogP contribution < -0.4 is 15.2 Å². The maximum atomic E-state index is 14.5. The molecule has 4 rings (SSSR count). The van der Waals surface area contributed by atoms with E-state index in [2.05, 4.69) is 15.5 Å². The molecule has 0 radical (unpaired) electrons. The van der Waals surface area contributed by atoms with Gasteiger partial charge in [-0.15, -0.1) is 10.2 Å². The number of nitrogens with one attached hydrogen (secondary N) is 1. The number of aromatic hydroxyl groups is 1. The Hall–Kier alpha value is -4.11. The van der Waals surface area contributed by atoms with Crippen LogP contribution in [-0.2, 0) is 37.4 Å². The quantitative estimate of drug-likeness (QED) is 0.147. The fourth-order valence-electron chi connectivity index (χ4n) is 5.66. The number of benzene rings is 2. The van der Waals surface area contributed by atoms with E-state index in [9.17, 15) is 23.1 Å². The van der Waals surface area contributed by atoms with Crippen LogP contribution in [0.25, 0.3) is 0 Å². The maximum absolute atomic E-state index is 14.5. The molecule has 0 saturated heterocycles. The molecule has 47 heavy (non-hydrogen) atoms. The summed E-state index contributed by atoms with van der Waals surface area (Å²) in [4.78, 5) is 25.0. The molecule has 1 saturated carbocycles. The van der Waals surface area contributed by atoms with Crippen LogP contribution in [0.1, 0.15) is 50.2 Å². The van der Waals surface area contributed by atoms with Crippen LogP contribution >= 0.6 is 0 Å². The SMILES string of the molecule is COCc1c(C)c(O)n(CCOCCO)c(=O)c1N=Nc1ccccc1S(=O)(=O)N(CC1CCCCC1)c1ccc(NC(C)=O)cc1. The third-order valence-corrected chi connectivity index (χ3v) is 9.92. The number of rotatable bonds is 15. The summed E-state index contributed by atoms with van der Waals surface area (Å²) in [7, 11) is -2.75. The molecule has 3 N–H and O–H groups in total. The minimum Gasteiger partial charge on any atom is -0.494 e. The second kappa shape index (κ2) is 16.6. The van der Waals surface area contributed by atoms with Crippen LogP contribution in [0.2, 0.25) is 0 Å². The molecule has 0 unspecified atom stereocenters. The highest BCUT2D eigenvalue weighted by molar-refractivity contribution is 7.93. The van der Waals surface area contributed by atoms with Crippen LogP contribution in [0.4, 0.5) is 22.7 Å². The Morgan fingerprint density at radius 1 is 1.06 bits per heavy atom. The number of nitrogens with zero attached hydrogens (tertiary/aromatic N) is 4. The number of hydrogen-bond acceptors (Lipinski definition) is 10. The summed E-state index contributed by atoms with van der Waals surface area (Å²) in [5.74, 6) is -0.346. The van der Waals surface area contributed by atoms with Gasteiger partial charge < -0.3 is 25.0 Å². The first-order valence-corrected chi connectivity index (χ1v) is 17.1. The molecule has 14 heteroatoms. The monoisotopic (exact) mass is 669 g/mol. The van der Waals surface area contributed by atoms with Gasteiger partial charge in [-0.05, 0) is 62.1 Å².